The number of hydrogen-bond acceptors (Lipinski definition) is 2. The molecule has 1 amide bonds. The van der Waals surface area contributed by atoms with Crippen molar-refractivity contribution in [1.29, 1.82) is 0 Å². The molecular formula is C8H14N2O. The van der Waals surface area contributed by atoms with Crippen LogP contribution in [0.15, 0.2) is 12.7 Å². The predicted molar refractivity (Wildman–Crippen MR) is 44.2 cm³/mol. The summed E-state index contributed by atoms with van der Waals surface area (Å²) in [5.41, 5.74) is 0. The van der Waals surface area contributed by atoms with Crippen LogP contribution in [-0.2, 0) is 4.79 Å². The maximum Gasteiger partial charge on any atom is 0.221 e. The molecule has 0 aromatic rings. The molecule has 3 heteroatoms. The van der Waals surface area contributed by atoms with Crippen LogP contribution in [0.1, 0.15) is 13.3 Å². The van der Waals surface area contributed by atoms with E-state index in [-0.39, 0.29) is 18.0 Å². The average Bonchev–Trinajstić information content (AvgIpc) is 2.35. The van der Waals surface area contributed by atoms with Gasteiger partial charge < -0.3 is 10.6 Å². The van der Waals surface area contributed by atoms with Crippen LogP contribution in [0, 0.1) is 0 Å². The highest BCUT2D eigenvalue weighted by molar-refractivity contribution is 5.78. The van der Waals surface area contributed by atoms with Crippen molar-refractivity contribution >= 4 is 5.91 Å². The molecule has 0 aromatic carbocycles. The zero-order chi connectivity index (χ0) is 8.27. The molecule has 0 bridgehead atoms. The molecule has 2 N–H and O–H groups in total. The van der Waals surface area contributed by atoms with Crippen molar-refractivity contribution in [3.8, 4) is 0 Å². The van der Waals surface area contributed by atoms with Crippen molar-refractivity contribution in [2.45, 2.75) is 25.4 Å². The highest BCUT2D eigenvalue weighted by Crippen LogP contribution is 2.00. The minimum atomic E-state index is 0.138. The Morgan fingerprint density at radius 2 is 2.64 bits per heavy atom. The van der Waals surface area contributed by atoms with Gasteiger partial charge in [0.05, 0.1) is 0 Å². The lowest BCUT2D eigenvalue weighted by Crippen LogP contribution is -2.36. The summed E-state index contributed by atoms with van der Waals surface area (Å²) in [5.74, 6) is 0.138. The third-order valence-electron chi connectivity index (χ3n) is 1.83. The first-order chi connectivity index (χ1) is 5.22. The lowest BCUT2D eigenvalue weighted by atomic mass is 10.2. The summed E-state index contributed by atoms with van der Waals surface area (Å²) in [6.45, 7) is 6.42. The third kappa shape index (κ3) is 2.35. The van der Waals surface area contributed by atoms with Crippen molar-refractivity contribution in [2.24, 2.45) is 0 Å². The average molecular weight is 154 g/mol. The van der Waals surface area contributed by atoms with Gasteiger partial charge in [0.1, 0.15) is 0 Å². The number of rotatable bonds is 3. The molecule has 2 unspecified atom stereocenters. The SMILES string of the molecule is C=CC(C)NC1CNC(=O)C1. The molecule has 0 aromatic heterocycles. The maximum absolute atomic E-state index is 10.7. The largest absolute Gasteiger partial charge is 0.354 e. The lowest BCUT2D eigenvalue weighted by molar-refractivity contribution is -0.119. The number of nitrogens with one attached hydrogen (secondary N) is 2. The van der Waals surface area contributed by atoms with E-state index in [0.29, 0.717) is 6.42 Å². The van der Waals surface area contributed by atoms with E-state index in [1.165, 1.54) is 0 Å². The van der Waals surface area contributed by atoms with Crippen LogP contribution >= 0.6 is 0 Å². The van der Waals surface area contributed by atoms with Gasteiger partial charge in [-0.2, -0.15) is 0 Å². The fourth-order valence-electron chi connectivity index (χ4n) is 1.16. The van der Waals surface area contributed by atoms with Gasteiger partial charge in [0.15, 0.2) is 0 Å². The highest BCUT2D eigenvalue weighted by Gasteiger charge is 2.21. The van der Waals surface area contributed by atoms with Crippen LogP contribution in [-0.4, -0.2) is 24.5 Å². The van der Waals surface area contributed by atoms with E-state index in [9.17, 15) is 4.79 Å². The van der Waals surface area contributed by atoms with Gasteiger partial charge in [-0.05, 0) is 6.92 Å². The molecule has 0 radical (unpaired) electrons. The van der Waals surface area contributed by atoms with Gasteiger partial charge in [-0.15, -0.1) is 6.58 Å². The molecule has 1 heterocycles. The van der Waals surface area contributed by atoms with Crippen LogP contribution in [0.25, 0.3) is 0 Å². The van der Waals surface area contributed by atoms with Crippen LogP contribution in [0.2, 0.25) is 0 Å². The van der Waals surface area contributed by atoms with E-state index in [0.717, 1.165) is 6.54 Å². The second-order valence-electron chi connectivity index (χ2n) is 2.90. The zero-order valence-corrected chi connectivity index (χ0v) is 6.76. The molecule has 2 atom stereocenters. The first-order valence-corrected chi connectivity index (χ1v) is 3.87. The quantitative estimate of drug-likeness (QED) is 0.563. The zero-order valence-electron chi connectivity index (χ0n) is 6.76. The Morgan fingerprint density at radius 3 is 3.09 bits per heavy atom. The number of amides is 1. The van der Waals surface area contributed by atoms with Crippen molar-refractivity contribution in [2.75, 3.05) is 6.54 Å². The monoisotopic (exact) mass is 154 g/mol. The molecule has 62 valence electrons. The number of carbonyl (C=O) groups is 1. The van der Waals surface area contributed by atoms with E-state index < -0.39 is 0 Å². The minimum absolute atomic E-state index is 0.138. The van der Waals surface area contributed by atoms with Crippen LogP contribution in [0.4, 0.5) is 0 Å². The molecule has 11 heavy (non-hydrogen) atoms. The fourth-order valence-corrected chi connectivity index (χ4v) is 1.16. The molecule has 0 aliphatic carbocycles. The maximum atomic E-state index is 10.7. The standard InChI is InChI=1S/C8H14N2O/c1-3-6(2)10-7-4-8(11)9-5-7/h3,6-7,10H,1,4-5H2,2H3,(H,9,11). The molecule has 1 fully saturated rings. The molecular weight excluding hydrogens is 140 g/mol. The summed E-state index contributed by atoms with van der Waals surface area (Å²) in [6.07, 6.45) is 2.43. The number of carbonyl (C=O) groups excluding carboxylic acids is 1. The van der Waals surface area contributed by atoms with Gasteiger partial charge in [-0.25, -0.2) is 0 Å². The van der Waals surface area contributed by atoms with Gasteiger partial charge in [-0.3, -0.25) is 4.79 Å². The van der Waals surface area contributed by atoms with Crippen molar-refractivity contribution in [1.82, 2.24) is 10.6 Å². The van der Waals surface area contributed by atoms with Gasteiger partial charge >= 0.3 is 0 Å². The highest BCUT2D eigenvalue weighted by atomic mass is 16.1. The Kier molecular flexibility index (Phi) is 2.65. The summed E-state index contributed by atoms with van der Waals surface area (Å²) in [4.78, 5) is 10.7. The van der Waals surface area contributed by atoms with Crippen LogP contribution in [0.3, 0.4) is 0 Å². The molecule has 1 saturated heterocycles. The summed E-state index contributed by atoms with van der Waals surface area (Å²) in [7, 11) is 0. The molecule has 0 spiro atoms. The second kappa shape index (κ2) is 3.53. The van der Waals surface area contributed by atoms with E-state index in [4.69, 9.17) is 0 Å². The molecule has 3 nitrogen and oxygen atoms in total. The van der Waals surface area contributed by atoms with Crippen molar-refractivity contribution in [3.63, 3.8) is 0 Å². The summed E-state index contributed by atoms with van der Waals surface area (Å²) in [5, 5.41) is 6.02. The fraction of sp³-hybridized carbons (Fsp3) is 0.625. The smallest absolute Gasteiger partial charge is 0.221 e. The lowest BCUT2D eigenvalue weighted by Gasteiger charge is -2.13. The van der Waals surface area contributed by atoms with Crippen LogP contribution in [0.5, 0.6) is 0 Å². The molecule has 0 saturated carbocycles. The van der Waals surface area contributed by atoms with E-state index in [1.807, 2.05) is 13.0 Å². The number of hydrogen-bond donors (Lipinski definition) is 2. The third-order valence-corrected chi connectivity index (χ3v) is 1.83. The summed E-state index contributed by atoms with van der Waals surface area (Å²) in [6, 6.07) is 0.572. The van der Waals surface area contributed by atoms with Crippen molar-refractivity contribution < 1.29 is 4.79 Å². The predicted octanol–water partition coefficient (Wildman–Crippen LogP) is 0.0390. The molecule has 1 aliphatic rings. The van der Waals surface area contributed by atoms with Gasteiger partial charge in [0, 0.05) is 25.0 Å². The normalized spacial score (nSPS) is 26.3. The van der Waals surface area contributed by atoms with Crippen LogP contribution < -0.4 is 10.6 Å². The first-order valence-electron chi connectivity index (χ1n) is 3.87. The molecule has 1 rings (SSSR count). The first kappa shape index (κ1) is 8.27. The minimum Gasteiger partial charge on any atom is -0.354 e. The topological polar surface area (TPSA) is 41.1 Å². The van der Waals surface area contributed by atoms with E-state index >= 15 is 0 Å². The Balaban J connectivity index is 2.27. The van der Waals surface area contributed by atoms with Gasteiger partial charge in [-0.1, -0.05) is 6.08 Å². The van der Waals surface area contributed by atoms with Crippen molar-refractivity contribution in [3.05, 3.63) is 12.7 Å². The molecule has 1 aliphatic heterocycles. The van der Waals surface area contributed by atoms with E-state index in [2.05, 4.69) is 17.2 Å². The Labute approximate surface area is 66.9 Å². The van der Waals surface area contributed by atoms with E-state index in [1.54, 1.807) is 0 Å². The summed E-state index contributed by atoms with van der Waals surface area (Å²) < 4.78 is 0. The summed E-state index contributed by atoms with van der Waals surface area (Å²) >= 11 is 0. The Bertz CT molecular complexity index is 167. The Morgan fingerprint density at radius 1 is 1.91 bits per heavy atom. The van der Waals surface area contributed by atoms with Gasteiger partial charge in [0.2, 0.25) is 5.91 Å². The van der Waals surface area contributed by atoms with Gasteiger partial charge in [0.25, 0.3) is 0 Å². The Hall–Kier alpha value is -0.830. The second-order valence-corrected chi connectivity index (χ2v) is 2.90.